The first kappa shape index (κ1) is 18.5. The Kier molecular flexibility index (Phi) is 5.71. The average Bonchev–Trinajstić information content (AvgIpc) is 2.68. The molecule has 1 aromatic heterocycles. The number of nitrogens with one attached hydrogen (secondary N) is 2. The highest BCUT2D eigenvalue weighted by Crippen LogP contribution is 2.24. The van der Waals surface area contributed by atoms with E-state index in [1.165, 1.54) is 12.3 Å². The summed E-state index contributed by atoms with van der Waals surface area (Å²) >= 11 is 0. The second kappa shape index (κ2) is 8.36. The summed E-state index contributed by atoms with van der Waals surface area (Å²) in [6.45, 7) is 4.41. The van der Waals surface area contributed by atoms with E-state index in [0.717, 1.165) is 16.8 Å². The third kappa shape index (κ3) is 4.64. The minimum atomic E-state index is -0.366. The Morgan fingerprint density at radius 1 is 1.07 bits per heavy atom. The van der Waals surface area contributed by atoms with Gasteiger partial charge >= 0.3 is 0 Å². The van der Waals surface area contributed by atoms with Crippen LogP contribution in [0.1, 0.15) is 41.4 Å². The lowest BCUT2D eigenvalue weighted by molar-refractivity contribution is 0.102. The fourth-order valence-electron chi connectivity index (χ4n) is 2.74. The molecule has 27 heavy (non-hydrogen) atoms. The number of H-pyrrole nitrogens is 1. The van der Waals surface area contributed by atoms with Crippen LogP contribution in [0.3, 0.4) is 0 Å². The van der Waals surface area contributed by atoms with Gasteiger partial charge in [-0.3, -0.25) is 9.59 Å². The highest BCUT2D eigenvalue weighted by Gasteiger charge is 2.13. The largest absolute Gasteiger partial charge is 0.483 e. The lowest BCUT2D eigenvalue weighted by atomic mass is 10.0. The van der Waals surface area contributed by atoms with Crippen LogP contribution in [0.2, 0.25) is 0 Å². The highest BCUT2D eigenvalue weighted by atomic mass is 16.5. The van der Waals surface area contributed by atoms with Gasteiger partial charge in [-0.15, -0.1) is 0 Å². The third-order valence-electron chi connectivity index (χ3n) is 4.19. The van der Waals surface area contributed by atoms with E-state index in [2.05, 4.69) is 24.1 Å². The zero-order valence-electron chi connectivity index (χ0n) is 15.4. The van der Waals surface area contributed by atoms with Crippen LogP contribution >= 0.6 is 0 Å². The summed E-state index contributed by atoms with van der Waals surface area (Å²) in [6, 6.07) is 18.5. The van der Waals surface area contributed by atoms with Crippen molar-refractivity contribution >= 4 is 11.6 Å². The maximum Gasteiger partial charge on any atom is 0.272 e. The summed E-state index contributed by atoms with van der Waals surface area (Å²) in [6.07, 6.45) is 1.43. The summed E-state index contributed by atoms with van der Waals surface area (Å²) < 4.78 is 5.55. The molecule has 0 atom stereocenters. The molecule has 0 aliphatic rings. The van der Waals surface area contributed by atoms with Crippen molar-refractivity contribution in [1.82, 2.24) is 4.98 Å². The van der Waals surface area contributed by atoms with Crippen LogP contribution in [0, 0.1) is 0 Å². The van der Waals surface area contributed by atoms with E-state index in [1.54, 1.807) is 0 Å². The molecule has 0 saturated carbocycles. The summed E-state index contributed by atoms with van der Waals surface area (Å²) in [7, 11) is 0. The van der Waals surface area contributed by atoms with E-state index < -0.39 is 0 Å². The number of pyridine rings is 1. The molecule has 2 aromatic carbocycles. The van der Waals surface area contributed by atoms with E-state index in [-0.39, 0.29) is 35.3 Å². The highest BCUT2D eigenvalue weighted by molar-refractivity contribution is 6.03. The number of hydrogen-bond donors (Lipinski definition) is 2. The number of ether oxygens (including phenoxy) is 1. The van der Waals surface area contributed by atoms with Gasteiger partial charge in [0.2, 0.25) is 5.43 Å². The second-order valence-corrected chi connectivity index (χ2v) is 6.55. The molecule has 1 heterocycles. The van der Waals surface area contributed by atoms with Crippen LogP contribution < -0.4 is 15.5 Å². The van der Waals surface area contributed by atoms with Crippen molar-refractivity contribution in [2.24, 2.45) is 0 Å². The van der Waals surface area contributed by atoms with Crippen molar-refractivity contribution in [3.8, 4) is 5.75 Å². The zero-order valence-corrected chi connectivity index (χ0v) is 15.4. The first-order valence-electron chi connectivity index (χ1n) is 8.84. The van der Waals surface area contributed by atoms with Crippen molar-refractivity contribution in [1.29, 1.82) is 0 Å². The van der Waals surface area contributed by atoms with Crippen molar-refractivity contribution in [2.75, 3.05) is 5.32 Å². The normalized spacial score (nSPS) is 10.6. The van der Waals surface area contributed by atoms with Gasteiger partial charge in [-0.2, -0.15) is 0 Å². The lowest BCUT2D eigenvalue weighted by Gasteiger charge is -2.13. The van der Waals surface area contributed by atoms with Gasteiger partial charge in [-0.05, 0) is 23.1 Å². The molecule has 0 unspecified atom stereocenters. The molecule has 5 heteroatoms. The van der Waals surface area contributed by atoms with Crippen LogP contribution in [0.25, 0.3) is 0 Å². The molecule has 3 rings (SSSR count). The summed E-state index contributed by atoms with van der Waals surface area (Å²) in [5.41, 5.74) is 2.58. The molecule has 5 nitrogen and oxygen atoms in total. The van der Waals surface area contributed by atoms with Gasteiger partial charge in [0.1, 0.15) is 12.3 Å². The molecule has 0 saturated heterocycles. The standard InChI is InChI=1S/C22H22N2O3/c1-15(2)17-10-6-7-11-18(17)24-22(26)19-12-20(25)21(13-23-19)27-14-16-8-4-3-5-9-16/h3-13,15H,14H2,1-2H3,(H,23,25)(H,24,26). The quantitative estimate of drug-likeness (QED) is 0.686. The molecule has 0 aliphatic carbocycles. The molecule has 0 bridgehead atoms. The Hall–Kier alpha value is -3.34. The van der Waals surface area contributed by atoms with Gasteiger partial charge in [0.15, 0.2) is 5.75 Å². The minimum absolute atomic E-state index is 0.179. The molecule has 0 radical (unpaired) electrons. The molecular formula is C22H22N2O3. The Bertz CT molecular complexity index is 978. The minimum Gasteiger partial charge on any atom is -0.483 e. The molecule has 1 amide bonds. The second-order valence-electron chi connectivity index (χ2n) is 6.55. The predicted octanol–water partition coefficient (Wildman–Crippen LogP) is 4.33. The van der Waals surface area contributed by atoms with Crippen LogP contribution in [0.15, 0.2) is 71.7 Å². The van der Waals surface area contributed by atoms with Gasteiger partial charge in [0.05, 0.1) is 0 Å². The maximum absolute atomic E-state index is 12.5. The molecule has 138 valence electrons. The maximum atomic E-state index is 12.5. The fraction of sp³-hybridized carbons (Fsp3) is 0.182. The molecular weight excluding hydrogens is 340 g/mol. The molecule has 0 spiro atoms. The monoisotopic (exact) mass is 362 g/mol. The van der Waals surface area contributed by atoms with Gasteiger partial charge in [0, 0.05) is 18.0 Å². The molecule has 3 aromatic rings. The molecule has 2 N–H and O–H groups in total. The smallest absolute Gasteiger partial charge is 0.272 e. The number of hydrogen-bond acceptors (Lipinski definition) is 3. The number of benzene rings is 2. The Balaban J connectivity index is 1.72. The molecule has 0 aliphatic heterocycles. The average molecular weight is 362 g/mol. The van der Waals surface area contributed by atoms with Crippen LogP contribution in [-0.4, -0.2) is 10.9 Å². The van der Waals surface area contributed by atoms with E-state index in [1.807, 2.05) is 54.6 Å². The topological polar surface area (TPSA) is 71.2 Å². The Morgan fingerprint density at radius 3 is 2.48 bits per heavy atom. The number of aromatic amines is 1. The van der Waals surface area contributed by atoms with Crippen LogP contribution in [0.5, 0.6) is 5.75 Å². The van der Waals surface area contributed by atoms with Crippen molar-refractivity contribution in [3.63, 3.8) is 0 Å². The first-order chi connectivity index (χ1) is 13.0. The summed E-state index contributed by atoms with van der Waals surface area (Å²) in [5.74, 6) is 0.0853. The van der Waals surface area contributed by atoms with Gasteiger partial charge in [0.25, 0.3) is 5.91 Å². The summed E-state index contributed by atoms with van der Waals surface area (Å²) in [5, 5.41) is 2.86. The van der Waals surface area contributed by atoms with Crippen molar-refractivity contribution < 1.29 is 9.53 Å². The number of amides is 1. The SMILES string of the molecule is CC(C)c1ccccc1NC(=O)c1cc(=O)c(OCc2ccccc2)c[nH]1. The predicted molar refractivity (Wildman–Crippen MR) is 106 cm³/mol. The van der Waals surface area contributed by atoms with Crippen LogP contribution in [0.4, 0.5) is 5.69 Å². The van der Waals surface area contributed by atoms with Gasteiger partial charge < -0.3 is 15.0 Å². The Labute approximate surface area is 158 Å². The van der Waals surface area contributed by atoms with Crippen molar-refractivity contribution in [2.45, 2.75) is 26.4 Å². The number of aromatic nitrogens is 1. The van der Waals surface area contributed by atoms with Crippen molar-refractivity contribution in [3.05, 3.63) is 93.9 Å². The van der Waals surface area contributed by atoms with E-state index in [4.69, 9.17) is 4.74 Å². The van der Waals surface area contributed by atoms with Gasteiger partial charge in [-0.1, -0.05) is 62.4 Å². The lowest BCUT2D eigenvalue weighted by Crippen LogP contribution is -2.18. The van der Waals surface area contributed by atoms with Gasteiger partial charge in [-0.25, -0.2) is 0 Å². The first-order valence-corrected chi connectivity index (χ1v) is 8.84. The third-order valence-corrected chi connectivity index (χ3v) is 4.19. The number of para-hydroxylation sites is 1. The number of rotatable bonds is 6. The molecule has 0 fully saturated rings. The summed E-state index contributed by atoms with van der Waals surface area (Å²) in [4.78, 5) is 27.6. The zero-order chi connectivity index (χ0) is 19.2. The Morgan fingerprint density at radius 2 is 1.78 bits per heavy atom. The number of carbonyl (C=O) groups excluding carboxylic acids is 1. The van der Waals surface area contributed by atoms with E-state index in [9.17, 15) is 9.59 Å². The number of carbonyl (C=O) groups is 1. The van der Waals surface area contributed by atoms with E-state index >= 15 is 0 Å². The fourth-order valence-corrected chi connectivity index (χ4v) is 2.74. The van der Waals surface area contributed by atoms with E-state index in [0.29, 0.717) is 0 Å². The number of anilines is 1. The van der Waals surface area contributed by atoms with Crippen LogP contribution in [-0.2, 0) is 6.61 Å².